The molecule has 0 atom stereocenters. The molecule has 7 heteroatoms. The Hall–Kier alpha value is -0.750. The van der Waals surface area contributed by atoms with Crippen molar-refractivity contribution in [1.29, 1.82) is 0 Å². The van der Waals surface area contributed by atoms with Crippen LogP contribution in [-0.4, -0.2) is 0 Å². The van der Waals surface area contributed by atoms with Crippen LogP contribution in [0.15, 0.2) is 12.7 Å². The fraction of sp³-hybridized carbons (Fsp3) is 0. The maximum Gasteiger partial charge on any atom is 0.263 e. The van der Waals surface area contributed by atoms with Gasteiger partial charge in [-0.15, -0.1) is 0 Å². The third-order valence-corrected chi connectivity index (χ3v) is 0. The molecule has 64 valence electrons. The first-order valence-corrected chi connectivity index (χ1v) is 0.732. The van der Waals surface area contributed by atoms with Crippen molar-refractivity contribution < 1.29 is 32.3 Å². The Bertz CT molecular complexity index is 29.9. The molecule has 0 heterocycles. The van der Waals surface area contributed by atoms with Gasteiger partial charge in [-0.2, -0.15) is 8.78 Å². The zero-order valence-corrected chi connectivity index (χ0v) is 4.00. The van der Waals surface area contributed by atoms with Crippen molar-refractivity contribution in [2.75, 3.05) is 0 Å². The van der Waals surface area contributed by atoms with E-state index in [2.05, 4.69) is 6.58 Å². The molecule has 9 heavy (non-hydrogen) atoms. The minimum absolute atomic E-state index is 0. The first-order valence-electron chi connectivity index (χ1n) is 0.732. The van der Waals surface area contributed by atoms with Crippen molar-refractivity contribution in [2.24, 2.45) is 0 Å². The van der Waals surface area contributed by atoms with Crippen molar-refractivity contribution in [3.63, 3.8) is 0 Å². The topological polar surface area (TPSA) is 0 Å². The quantitative estimate of drug-likeness (QED) is 0.481. The van der Waals surface area contributed by atoms with Crippen LogP contribution >= 0.6 is 0 Å². The molecule has 0 rings (SSSR count). The molecule has 0 aromatic heterocycles. The number of hydrogen-bond acceptors (Lipinski definition) is 0. The Balaban J connectivity index is -0.00000000450. The third kappa shape index (κ3) is 355. The molecule has 0 spiro atoms. The van der Waals surface area contributed by atoms with E-state index in [9.17, 15) is 8.78 Å². The molecule has 0 saturated heterocycles. The molecule has 0 aromatic rings. The SMILES string of the molecule is C=C(F)F.F.F.F.F.F. The Morgan fingerprint density at radius 1 is 0.778 bits per heavy atom. The first kappa shape index (κ1) is 85.7. The summed E-state index contributed by atoms with van der Waals surface area (Å²) in [6.45, 7) is 2.22. The molecular weight excluding hydrogens is 157 g/mol. The second-order valence-electron chi connectivity index (χ2n) is 0.339. The monoisotopic (exact) mass is 164 g/mol. The number of halogens is 7. The van der Waals surface area contributed by atoms with Crippen LogP contribution in [0, 0.1) is 0 Å². The fourth-order valence-electron chi connectivity index (χ4n) is 0. The molecule has 0 amide bonds. The van der Waals surface area contributed by atoms with Gasteiger partial charge in [0.25, 0.3) is 6.08 Å². The van der Waals surface area contributed by atoms with Gasteiger partial charge in [0.15, 0.2) is 0 Å². The van der Waals surface area contributed by atoms with E-state index < -0.39 is 6.08 Å². The molecule has 0 aliphatic carbocycles. The Labute approximate surface area is 46.4 Å². The van der Waals surface area contributed by atoms with E-state index in [0.29, 0.717) is 0 Å². The average Bonchev–Trinajstić information content (AvgIpc) is 0.811. The first-order chi connectivity index (χ1) is 1.73. The molecule has 0 radical (unpaired) electrons. The smallest absolute Gasteiger partial charge is 0.263 e. The van der Waals surface area contributed by atoms with Crippen molar-refractivity contribution in [1.82, 2.24) is 0 Å². The molecule has 0 aliphatic rings. The second-order valence-corrected chi connectivity index (χ2v) is 0.339. The molecule has 0 bridgehead atoms. The minimum Gasteiger partial charge on any atom is -0.269 e. The van der Waals surface area contributed by atoms with Crippen LogP contribution in [-0.2, 0) is 0 Å². The summed E-state index contributed by atoms with van der Waals surface area (Å²) in [6, 6.07) is 0. The maximum absolute atomic E-state index is 10.1. The van der Waals surface area contributed by atoms with E-state index in [1.165, 1.54) is 0 Å². The molecule has 0 nitrogen and oxygen atoms in total. The Morgan fingerprint density at radius 2 is 0.778 bits per heavy atom. The lowest BCUT2D eigenvalue weighted by Gasteiger charge is -1.54. The Morgan fingerprint density at radius 3 is 0.778 bits per heavy atom. The van der Waals surface area contributed by atoms with Gasteiger partial charge in [0, 0.05) is 0 Å². The van der Waals surface area contributed by atoms with Crippen LogP contribution in [0.3, 0.4) is 0 Å². The predicted octanol–water partition coefficient (Wildman–Crippen LogP) is 2.16. The van der Waals surface area contributed by atoms with Crippen molar-refractivity contribution in [3.05, 3.63) is 12.7 Å². The molecule has 0 N–H and O–H groups in total. The molecule has 0 aliphatic heterocycles. The lowest BCUT2D eigenvalue weighted by Crippen LogP contribution is -1.33. The highest BCUT2D eigenvalue weighted by Gasteiger charge is 1.65. The summed E-state index contributed by atoms with van der Waals surface area (Å²) in [6.07, 6.45) is -1.83. The molecule has 0 saturated carbocycles. The van der Waals surface area contributed by atoms with E-state index in [-0.39, 0.29) is 23.5 Å². The number of rotatable bonds is 0. The lowest BCUT2D eigenvalue weighted by molar-refractivity contribution is 0.426. The van der Waals surface area contributed by atoms with E-state index in [0.717, 1.165) is 0 Å². The summed E-state index contributed by atoms with van der Waals surface area (Å²) >= 11 is 0. The van der Waals surface area contributed by atoms with Gasteiger partial charge in [0.2, 0.25) is 0 Å². The van der Waals surface area contributed by atoms with Crippen LogP contribution in [0.1, 0.15) is 0 Å². The molecule has 0 aromatic carbocycles. The van der Waals surface area contributed by atoms with Gasteiger partial charge in [0.05, 0.1) is 0 Å². The Kier molecular flexibility index (Phi) is 532. The minimum atomic E-state index is -1.83. The van der Waals surface area contributed by atoms with Crippen LogP contribution in [0.2, 0.25) is 0 Å². The molecule has 0 fully saturated rings. The largest absolute Gasteiger partial charge is 0.269 e. The van der Waals surface area contributed by atoms with Gasteiger partial charge in [-0.1, -0.05) is 0 Å². The van der Waals surface area contributed by atoms with E-state index in [1.54, 1.807) is 0 Å². The van der Waals surface area contributed by atoms with E-state index in [4.69, 9.17) is 0 Å². The lowest BCUT2D eigenvalue weighted by atomic mass is 11.2. The summed E-state index contributed by atoms with van der Waals surface area (Å²) < 4.78 is 20.3. The highest BCUT2D eigenvalue weighted by atomic mass is 19.3. The second kappa shape index (κ2) is 55.9. The van der Waals surface area contributed by atoms with Gasteiger partial charge in [0.1, 0.15) is 0 Å². The normalized spacial score (nSPS) is 2.89. The van der Waals surface area contributed by atoms with Crippen molar-refractivity contribution in [2.45, 2.75) is 0 Å². The third-order valence-electron chi connectivity index (χ3n) is 0. The van der Waals surface area contributed by atoms with Gasteiger partial charge in [-0.3, -0.25) is 23.5 Å². The van der Waals surface area contributed by atoms with Gasteiger partial charge in [-0.25, -0.2) is 0 Å². The van der Waals surface area contributed by atoms with Gasteiger partial charge in [-0.05, 0) is 6.58 Å². The molecule has 0 unspecified atom stereocenters. The average molecular weight is 164 g/mol. The van der Waals surface area contributed by atoms with E-state index >= 15 is 0 Å². The summed E-state index contributed by atoms with van der Waals surface area (Å²) in [5.74, 6) is 0. The zero-order valence-electron chi connectivity index (χ0n) is 4.00. The fourth-order valence-corrected chi connectivity index (χ4v) is 0. The van der Waals surface area contributed by atoms with Crippen LogP contribution in [0.5, 0.6) is 0 Å². The summed E-state index contributed by atoms with van der Waals surface area (Å²) in [5, 5.41) is 0. The zero-order chi connectivity index (χ0) is 3.58. The molecular formula is C2H7F7. The van der Waals surface area contributed by atoms with Gasteiger partial charge >= 0.3 is 0 Å². The summed E-state index contributed by atoms with van der Waals surface area (Å²) in [4.78, 5) is 0. The predicted molar refractivity (Wildman–Crippen MR) is 23.9 cm³/mol. The van der Waals surface area contributed by atoms with Crippen molar-refractivity contribution >= 4 is 0 Å². The van der Waals surface area contributed by atoms with Gasteiger partial charge < -0.3 is 0 Å². The van der Waals surface area contributed by atoms with Crippen LogP contribution < -0.4 is 0 Å². The summed E-state index contributed by atoms with van der Waals surface area (Å²) in [7, 11) is 0. The van der Waals surface area contributed by atoms with Crippen molar-refractivity contribution in [3.8, 4) is 0 Å². The highest BCUT2D eigenvalue weighted by molar-refractivity contribution is 4.57. The summed E-state index contributed by atoms with van der Waals surface area (Å²) in [5.41, 5.74) is 0. The maximum atomic E-state index is 10.1. The standard InChI is InChI=1S/C2H2F2.5FH/c1-2(3)4;;;;;/h1H2;5*1H. The van der Waals surface area contributed by atoms with Crippen LogP contribution in [0.25, 0.3) is 0 Å². The number of hydrogen-bond donors (Lipinski definition) is 0. The highest BCUT2D eigenvalue weighted by Crippen LogP contribution is 1.85. The van der Waals surface area contributed by atoms with Crippen LogP contribution in [0.4, 0.5) is 32.3 Å². The van der Waals surface area contributed by atoms with E-state index in [1.807, 2.05) is 0 Å².